The monoisotopic (exact) mass is 416 g/mol. The molecule has 2 unspecified atom stereocenters. The van der Waals surface area contributed by atoms with Crippen LogP contribution in [0.4, 0.5) is 0 Å². The molecule has 164 valence electrons. The number of aliphatic hydroxyl groups is 4. The molecular formula is C24H32O6. The molecule has 0 amide bonds. The first kappa shape index (κ1) is 22.9. The van der Waals surface area contributed by atoms with Crippen LogP contribution in [0.15, 0.2) is 60.7 Å². The van der Waals surface area contributed by atoms with Gasteiger partial charge in [0, 0.05) is 0 Å². The SMILES string of the molecule is CC(C)CC1(O)[C@H](O)[C@@H](OCc2ccccc2)C(O)[C@H](OCc2ccccc2)[C@@H]1O. The summed E-state index contributed by atoms with van der Waals surface area (Å²) in [6, 6.07) is 18.8. The number of hydrogen-bond donors (Lipinski definition) is 4. The zero-order valence-electron chi connectivity index (χ0n) is 17.5. The first-order valence-electron chi connectivity index (χ1n) is 10.4. The molecule has 0 bridgehead atoms. The minimum absolute atomic E-state index is 0.000843. The van der Waals surface area contributed by atoms with Crippen molar-refractivity contribution in [3.8, 4) is 0 Å². The third-order valence-electron chi connectivity index (χ3n) is 5.63. The third-order valence-corrected chi connectivity index (χ3v) is 5.63. The summed E-state index contributed by atoms with van der Waals surface area (Å²) in [6.45, 7) is 4.09. The summed E-state index contributed by atoms with van der Waals surface area (Å²) >= 11 is 0. The van der Waals surface area contributed by atoms with Gasteiger partial charge in [-0.2, -0.15) is 0 Å². The molecule has 0 saturated heterocycles. The van der Waals surface area contributed by atoms with Gasteiger partial charge in [0.1, 0.15) is 36.1 Å². The van der Waals surface area contributed by atoms with E-state index in [4.69, 9.17) is 9.47 Å². The highest BCUT2D eigenvalue weighted by Gasteiger charge is 2.59. The van der Waals surface area contributed by atoms with E-state index in [1.54, 1.807) is 0 Å². The Bertz CT molecular complexity index is 708. The minimum Gasteiger partial charge on any atom is -0.387 e. The maximum absolute atomic E-state index is 11.3. The van der Waals surface area contributed by atoms with Crippen molar-refractivity contribution < 1.29 is 29.9 Å². The van der Waals surface area contributed by atoms with Gasteiger partial charge < -0.3 is 29.9 Å². The van der Waals surface area contributed by atoms with Crippen molar-refractivity contribution in [1.82, 2.24) is 0 Å². The van der Waals surface area contributed by atoms with Gasteiger partial charge >= 0.3 is 0 Å². The minimum atomic E-state index is -1.86. The second-order valence-corrected chi connectivity index (χ2v) is 8.49. The predicted molar refractivity (Wildman–Crippen MR) is 112 cm³/mol. The van der Waals surface area contributed by atoms with Gasteiger partial charge in [0.15, 0.2) is 0 Å². The Morgan fingerprint density at radius 2 is 1.17 bits per heavy atom. The average Bonchev–Trinajstić information content (AvgIpc) is 2.73. The molecule has 0 heterocycles. The lowest BCUT2D eigenvalue weighted by molar-refractivity contribution is -0.291. The van der Waals surface area contributed by atoms with Gasteiger partial charge in [-0.3, -0.25) is 0 Å². The normalized spacial score (nSPS) is 31.8. The van der Waals surface area contributed by atoms with Crippen LogP contribution < -0.4 is 0 Å². The van der Waals surface area contributed by atoms with Crippen LogP contribution in [0, 0.1) is 5.92 Å². The van der Waals surface area contributed by atoms with Crippen molar-refractivity contribution >= 4 is 0 Å². The summed E-state index contributed by atoms with van der Waals surface area (Å²) in [6.07, 6.45) is -6.33. The van der Waals surface area contributed by atoms with Crippen molar-refractivity contribution in [2.45, 2.75) is 69.6 Å². The predicted octanol–water partition coefficient (Wildman–Crippen LogP) is 2.03. The molecule has 6 heteroatoms. The first-order chi connectivity index (χ1) is 14.3. The van der Waals surface area contributed by atoms with Gasteiger partial charge in [0.2, 0.25) is 0 Å². The Labute approximate surface area is 177 Å². The molecule has 3 rings (SSSR count). The average molecular weight is 417 g/mol. The van der Waals surface area contributed by atoms with Gasteiger partial charge in [0.05, 0.1) is 13.2 Å². The second-order valence-electron chi connectivity index (χ2n) is 8.49. The maximum Gasteiger partial charge on any atom is 0.122 e. The van der Waals surface area contributed by atoms with Crippen molar-refractivity contribution in [3.05, 3.63) is 71.8 Å². The Balaban J connectivity index is 1.81. The molecule has 4 N–H and O–H groups in total. The number of benzene rings is 2. The molecule has 0 spiro atoms. The summed E-state index contributed by atoms with van der Waals surface area (Å²) < 4.78 is 11.7. The van der Waals surface area contributed by atoms with Crippen LogP contribution in [0.1, 0.15) is 31.4 Å². The number of ether oxygens (including phenoxy) is 2. The molecule has 2 aromatic carbocycles. The fourth-order valence-corrected chi connectivity index (χ4v) is 4.11. The van der Waals surface area contributed by atoms with Crippen LogP contribution in [-0.4, -0.2) is 56.5 Å². The van der Waals surface area contributed by atoms with Gasteiger partial charge in [-0.25, -0.2) is 0 Å². The molecule has 0 radical (unpaired) electrons. The van der Waals surface area contributed by atoms with E-state index in [0.29, 0.717) is 0 Å². The van der Waals surface area contributed by atoms with E-state index in [2.05, 4.69) is 0 Å². The highest BCUT2D eigenvalue weighted by Crippen LogP contribution is 2.38. The van der Waals surface area contributed by atoms with E-state index >= 15 is 0 Å². The largest absolute Gasteiger partial charge is 0.387 e. The molecule has 0 aromatic heterocycles. The van der Waals surface area contributed by atoms with E-state index in [1.165, 1.54) is 0 Å². The number of rotatable bonds is 8. The van der Waals surface area contributed by atoms with Crippen LogP contribution in [0.5, 0.6) is 0 Å². The highest BCUT2D eigenvalue weighted by atomic mass is 16.5. The van der Waals surface area contributed by atoms with Gasteiger partial charge in [-0.05, 0) is 23.5 Å². The van der Waals surface area contributed by atoms with E-state index in [1.807, 2.05) is 74.5 Å². The lowest BCUT2D eigenvalue weighted by Gasteiger charge is -2.51. The summed E-state index contributed by atoms with van der Waals surface area (Å²) in [5.74, 6) is -0.000843. The molecule has 2 aromatic rings. The van der Waals surface area contributed by atoms with E-state index in [0.717, 1.165) is 11.1 Å². The molecule has 0 aliphatic heterocycles. The van der Waals surface area contributed by atoms with Crippen LogP contribution in [0.3, 0.4) is 0 Å². The zero-order valence-corrected chi connectivity index (χ0v) is 17.5. The zero-order chi connectivity index (χ0) is 21.7. The molecule has 1 saturated carbocycles. The summed E-state index contributed by atoms with van der Waals surface area (Å²) in [7, 11) is 0. The van der Waals surface area contributed by atoms with Crippen molar-refractivity contribution in [2.24, 2.45) is 5.92 Å². The topological polar surface area (TPSA) is 99.4 Å². The Morgan fingerprint density at radius 3 is 1.53 bits per heavy atom. The molecule has 30 heavy (non-hydrogen) atoms. The lowest BCUT2D eigenvalue weighted by atomic mass is 9.71. The fraction of sp³-hybridized carbons (Fsp3) is 0.500. The molecule has 1 aliphatic carbocycles. The van der Waals surface area contributed by atoms with Gasteiger partial charge in [0.25, 0.3) is 0 Å². The fourth-order valence-electron chi connectivity index (χ4n) is 4.11. The third kappa shape index (κ3) is 5.09. The smallest absolute Gasteiger partial charge is 0.122 e. The highest BCUT2D eigenvalue weighted by molar-refractivity contribution is 5.16. The lowest BCUT2D eigenvalue weighted by Crippen LogP contribution is -2.71. The van der Waals surface area contributed by atoms with Gasteiger partial charge in [-0.1, -0.05) is 74.5 Å². The van der Waals surface area contributed by atoms with Crippen LogP contribution in [0.2, 0.25) is 0 Å². The second kappa shape index (κ2) is 10.0. The standard InChI is InChI=1S/C24H32O6/c1-16(2)13-24(28)22(26)20(29-14-17-9-5-3-6-10-17)19(25)21(23(24)27)30-15-18-11-7-4-8-12-18/h3-12,16,19-23,25-28H,13-15H2,1-2H3/t19?,20-,21-,22-,23+,24?/m0/s1. The first-order valence-corrected chi connectivity index (χ1v) is 10.4. The van der Waals surface area contributed by atoms with Crippen molar-refractivity contribution in [3.63, 3.8) is 0 Å². The van der Waals surface area contributed by atoms with Crippen LogP contribution >= 0.6 is 0 Å². The Kier molecular flexibility index (Phi) is 7.63. The maximum atomic E-state index is 11.3. The van der Waals surface area contributed by atoms with Crippen molar-refractivity contribution in [1.29, 1.82) is 0 Å². The molecule has 6 atom stereocenters. The van der Waals surface area contributed by atoms with E-state index in [9.17, 15) is 20.4 Å². The quantitative estimate of drug-likeness (QED) is 0.526. The summed E-state index contributed by atoms with van der Waals surface area (Å²) in [4.78, 5) is 0. The van der Waals surface area contributed by atoms with Gasteiger partial charge in [-0.15, -0.1) is 0 Å². The number of aliphatic hydroxyl groups excluding tert-OH is 3. The molecule has 1 fully saturated rings. The van der Waals surface area contributed by atoms with Crippen LogP contribution in [-0.2, 0) is 22.7 Å². The Hall–Kier alpha value is -1.80. The molecular weight excluding hydrogens is 384 g/mol. The molecule has 1 aliphatic rings. The Morgan fingerprint density at radius 1 is 0.767 bits per heavy atom. The summed E-state index contributed by atoms with van der Waals surface area (Å²) in [5.41, 5.74) is -0.120. The van der Waals surface area contributed by atoms with Crippen molar-refractivity contribution in [2.75, 3.05) is 0 Å². The van der Waals surface area contributed by atoms with Crippen LogP contribution in [0.25, 0.3) is 0 Å². The number of hydrogen-bond acceptors (Lipinski definition) is 6. The summed E-state index contributed by atoms with van der Waals surface area (Å²) in [5, 5.41) is 44.0. The van der Waals surface area contributed by atoms with E-state index in [-0.39, 0.29) is 25.6 Å². The molecule has 6 nitrogen and oxygen atoms in total. The van der Waals surface area contributed by atoms with E-state index < -0.39 is 36.1 Å².